The summed E-state index contributed by atoms with van der Waals surface area (Å²) < 4.78 is 0. The number of hydrogen-bond acceptors (Lipinski definition) is 3. The molecule has 0 heterocycles. The second-order valence-corrected chi connectivity index (χ2v) is 8.56. The highest BCUT2D eigenvalue weighted by molar-refractivity contribution is 6.06. The van der Waals surface area contributed by atoms with E-state index in [0.29, 0.717) is 36.2 Å². The molecule has 6 nitrogen and oxygen atoms in total. The summed E-state index contributed by atoms with van der Waals surface area (Å²) in [5.74, 6) is -0.623. The quantitative estimate of drug-likeness (QED) is 0.530. The Balaban J connectivity index is 1.76. The van der Waals surface area contributed by atoms with Gasteiger partial charge in [-0.25, -0.2) is 0 Å². The third-order valence-electron chi connectivity index (χ3n) is 6.09. The second-order valence-electron chi connectivity index (χ2n) is 8.56. The number of nitrogens with one attached hydrogen (secondary N) is 3. The molecule has 3 N–H and O–H groups in total. The van der Waals surface area contributed by atoms with Crippen molar-refractivity contribution in [2.24, 2.45) is 0 Å². The van der Waals surface area contributed by atoms with E-state index in [1.54, 1.807) is 36.4 Å². The van der Waals surface area contributed by atoms with Crippen molar-refractivity contribution in [3.63, 3.8) is 0 Å². The molecule has 2 aromatic rings. The van der Waals surface area contributed by atoms with Crippen LogP contribution in [0.2, 0.25) is 0 Å². The monoisotopic (exact) mass is 435 g/mol. The highest BCUT2D eigenvalue weighted by Crippen LogP contribution is 2.29. The normalized spacial score (nSPS) is 14.9. The molecule has 0 aliphatic heterocycles. The van der Waals surface area contributed by atoms with Gasteiger partial charge in [-0.3, -0.25) is 14.4 Å². The van der Waals surface area contributed by atoms with Crippen molar-refractivity contribution in [2.75, 3.05) is 11.9 Å². The van der Waals surface area contributed by atoms with E-state index in [0.717, 1.165) is 37.7 Å². The fraction of sp³-hybridized carbons (Fsp3) is 0.423. The molecule has 6 heteroatoms. The predicted octanol–water partition coefficient (Wildman–Crippen LogP) is 4.60. The predicted molar refractivity (Wildman–Crippen MR) is 127 cm³/mol. The van der Waals surface area contributed by atoms with Gasteiger partial charge in [0.2, 0.25) is 5.91 Å². The molecule has 0 atom stereocenters. The number of amides is 3. The van der Waals surface area contributed by atoms with E-state index in [2.05, 4.69) is 22.9 Å². The lowest BCUT2D eigenvalue weighted by atomic mass is 9.80. The van der Waals surface area contributed by atoms with E-state index in [1.165, 1.54) is 0 Å². The number of unbranched alkanes of at least 4 members (excludes halogenated alkanes) is 1. The first kappa shape index (κ1) is 23.5. The van der Waals surface area contributed by atoms with Crippen molar-refractivity contribution >= 4 is 23.4 Å². The second kappa shape index (κ2) is 10.9. The zero-order valence-electron chi connectivity index (χ0n) is 19.0. The largest absolute Gasteiger partial charge is 0.354 e. The molecule has 1 aliphatic rings. The lowest BCUT2D eigenvalue weighted by molar-refractivity contribution is -0.128. The SMILES string of the molecule is CCCCNC(=O)C1(NC(=O)c2ccc(C)c(NC(=O)c3ccccc3)c2)CCCCC1. The highest BCUT2D eigenvalue weighted by Gasteiger charge is 2.40. The summed E-state index contributed by atoms with van der Waals surface area (Å²) in [4.78, 5) is 38.7. The molecule has 1 aliphatic carbocycles. The Kier molecular flexibility index (Phi) is 8.03. The molecule has 0 aromatic heterocycles. The van der Waals surface area contributed by atoms with Crippen LogP contribution in [0.3, 0.4) is 0 Å². The molecule has 32 heavy (non-hydrogen) atoms. The minimum absolute atomic E-state index is 0.0938. The van der Waals surface area contributed by atoms with Crippen molar-refractivity contribution in [3.05, 3.63) is 65.2 Å². The average Bonchev–Trinajstić information content (AvgIpc) is 2.81. The standard InChI is InChI=1S/C26H33N3O3/c1-3-4-17-27-25(32)26(15-9-6-10-16-26)29-24(31)21-14-13-19(2)22(18-21)28-23(30)20-11-7-5-8-12-20/h5,7-8,11-14,18H,3-4,6,9-10,15-17H2,1-2H3,(H,27,32)(H,28,30)(H,29,31). The smallest absolute Gasteiger partial charge is 0.255 e. The Morgan fingerprint density at radius 1 is 0.906 bits per heavy atom. The summed E-state index contributed by atoms with van der Waals surface area (Å²) in [5.41, 5.74) is 1.53. The Hall–Kier alpha value is -3.15. The Bertz CT molecular complexity index is 950. The van der Waals surface area contributed by atoms with Gasteiger partial charge in [0.25, 0.3) is 11.8 Å². The van der Waals surface area contributed by atoms with Gasteiger partial charge >= 0.3 is 0 Å². The summed E-state index contributed by atoms with van der Waals surface area (Å²) >= 11 is 0. The van der Waals surface area contributed by atoms with Crippen LogP contribution < -0.4 is 16.0 Å². The maximum atomic E-state index is 13.2. The fourth-order valence-electron chi connectivity index (χ4n) is 4.08. The van der Waals surface area contributed by atoms with Crippen molar-refractivity contribution in [1.29, 1.82) is 0 Å². The van der Waals surface area contributed by atoms with Gasteiger partial charge in [0.15, 0.2) is 0 Å². The van der Waals surface area contributed by atoms with E-state index >= 15 is 0 Å². The summed E-state index contributed by atoms with van der Waals surface area (Å²) in [6.07, 6.45) is 6.08. The lowest BCUT2D eigenvalue weighted by Crippen LogP contribution is -2.59. The zero-order valence-corrected chi connectivity index (χ0v) is 19.0. The van der Waals surface area contributed by atoms with Crippen molar-refractivity contribution in [1.82, 2.24) is 10.6 Å². The van der Waals surface area contributed by atoms with Crippen molar-refractivity contribution in [3.8, 4) is 0 Å². The number of carbonyl (C=O) groups excluding carboxylic acids is 3. The lowest BCUT2D eigenvalue weighted by Gasteiger charge is -2.36. The molecule has 0 spiro atoms. The Morgan fingerprint density at radius 2 is 1.62 bits per heavy atom. The Morgan fingerprint density at radius 3 is 2.31 bits per heavy atom. The van der Waals surface area contributed by atoms with Crippen LogP contribution >= 0.6 is 0 Å². The number of anilines is 1. The molecule has 1 saturated carbocycles. The molecular weight excluding hydrogens is 402 g/mol. The van der Waals surface area contributed by atoms with Crippen LogP contribution in [0.1, 0.15) is 78.1 Å². The molecule has 0 bridgehead atoms. The summed E-state index contributed by atoms with van der Waals surface area (Å²) in [6.45, 7) is 4.58. The number of hydrogen-bond donors (Lipinski definition) is 3. The number of benzene rings is 2. The molecule has 0 saturated heterocycles. The van der Waals surface area contributed by atoms with E-state index in [1.807, 2.05) is 19.1 Å². The first-order chi connectivity index (χ1) is 15.4. The van der Waals surface area contributed by atoms with Crippen LogP contribution in [0, 0.1) is 6.92 Å². The van der Waals surface area contributed by atoms with Crippen LogP contribution in [0.4, 0.5) is 5.69 Å². The highest BCUT2D eigenvalue weighted by atomic mass is 16.2. The first-order valence-electron chi connectivity index (χ1n) is 11.5. The molecule has 0 radical (unpaired) electrons. The van der Waals surface area contributed by atoms with E-state index in [-0.39, 0.29) is 17.7 Å². The van der Waals surface area contributed by atoms with Gasteiger partial charge in [-0.05, 0) is 56.0 Å². The first-order valence-corrected chi connectivity index (χ1v) is 11.5. The van der Waals surface area contributed by atoms with Gasteiger partial charge in [0.05, 0.1) is 0 Å². The van der Waals surface area contributed by atoms with Gasteiger partial charge < -0.3 is 16.0 Å². The number of carbonyl (C=O) groups is 3. The van der Waals surface area contributed by atoms with Gasteiger partial charge in [0, 0.05) is 23.4 Å². The van der Waals surface area contributed by atoms with Crippen molar-refractivity contribution < 1.29 is 14.4 Å². The summed E-state index contributed by atoms with van der Waals surface area (Å²) in [5, 5.41) is 8.94. The third kappa shape index (κ3) is 5.75. The van der Waals surface area contributed by atoms with Gasteiger partial charge in [-0.1, -0.05) is 56.9 Å². The molecule has 170 valence electrons. The number of aryl methyl sites for hydroxylation is 1. The van der Waals surface area contributed by atoms with Gasteiger partial charge in [-0.15, -0.1) is 0 Å². The topological polar surface area (TPSA) is 87.3 Å². The fourth-order valence-corrected chi connectivity index (χ4v) is 4.08. The van der Waals surface area contributed by atoms with Crippen LogP contribution in [0.25, 0.3) is 0 Å². The number of rotatable bonds is 8. The van der Waals surface area contributed by atoms with Crippen LogP contribution in [-0.4, -0.2) is 29.8 Å². The maximum Gasteiger partial charge on any atom is 0.255 e. The van der Waals surface area contributed by atoms with Gasteiger partial charge in [-0.2, -0.15) is 0 Å². The molecule has 1 fully saturated rings. The average molecular weight is 436 g/mol. The van der Waals surface area contributed by atoms with Crippen LogP contribution in [0.5, 0.6) is 0 Å². The summed E-state index contributed by atoms with van der Waals surface area (Å²) in [7, 11) is 0. The van der Waals surface area contributed by atoms with Crippen LogP contribution in [0.15, 0.2) is 48.5 Å². The summed E-state index contributed by atoms with van der Waals surface area (Å²) in [6, 6.07) is 14.2. The molecular formula is C26H33N3O3. The zero-order chi connectivity index (χ0) is 23.0. The van der Waals surface area contributed by atoms with E-state index < -0.39 is 5.54 Å². The third-order valence-corrected chi connectivity index (χ3v) is 6.09. The molecule has 0 unspecified atom stereocenters. The molecule has 3 amide bonds. The van der Waals surface area contributed by atoms with Gasteiger partial charge in [0.1, 0.15) is 5.54 Å². The minimum Gasteiger partial charge on any atom is -0.354 e. The molecule has 2 aromatic carbocycles. The Labute approximate surface area is 190 Å². The minimum atomic E-state index is -0.874. The van der Waals surface area contributed by atoms with Crippen LogP contribution in [-0.2, 0) is 4.79 Å². The maximum absolute atomic E-state index is 13.2. The molecule has 3 rings (SSSR count). The van der Waals surface area contributed by atoms with Crippen molar-refractivity contribution in [2.45, 2.75) is 64.3 Å². The van der Waals surface area contributed by atoms with E-state index in [9.17, 15) is 14.4 Å². The van der Waals surface area contributed by atoms with E-state index in [4.69, 9.17) is 0 Å².